The fourth-order valence-electron chi connectivity index (χ4n) is 3.83. The summed E-state index contributed by atoms with van der Waals surface area (Å²) in [6.07, 6.45) is 1.55. The molecule has 0 saturated heterocycles. The first kappa shape index (κ1) is 30.7. The van der Waals surface area contributed by atoms with Crippen LogP contribution in [0.25, 0.3) is 6.08 Å². The lowest BCUT2D eigenvalue weighted by molar-refractivity contribution is -0.113. The fourth-order valence-corrected chi connectivity index (χ4v) is 5.12. The van der Waals surface area contributed by atoms with E-state index < -0.39 is 11.8 Å². The van der Waals surface area contributed by atoms with Crippen molar-refractivity contribution in [3.05, 3.63) is 123 Å². The molecule has 42 heavy (non-hydrogen) atoms. The van der Waals surface area contributed by atoms with Crippen molar-refractivity contribution in [3.63, 3.8) is 0 Å². The molecule has 0 atom stereocenters. The predicted molar refractivity (Wildman–Crippen MR) is 168 cm³/mol. The van der Waals surface area contributed by atoms with E-state index in [1.807, 2.05) is 0 Å². The largest absolute Gasteiger partial charge is 0.493 e. The molecule has 2 amide bonds. The number of rotatable bonds is 11. The molecule has 0 bridgehead atoms. The van der Waals surface area contributed by atoms with Gasteiger partial charge in [-0.3, -0.25) is 14.4 Å². The number of nitrogens with one attached hydrogen (secondary N) is 2. The number of hydrogen-bond donors (Lipinski definition) is 2. The lowest BCUT2D eigenvalue weighted by Gasteiger charge is -2.13. The molecule has 0 heterocycles. The number of anilines is 1. The van der Waals surface area contributed by atoms with E-state index in [9.17, 15) is 14.4 Å². The van der Waals surface area contributed by atoms with Crippen molar-refractivity contribution >= 4 is 64.3 Å². The maximum Gasteiger partial charge on any atom is 0.272 e. The summed E-state index contributed by atoms with van der Waals surface area (Å²) in [7, 11) is 3.05. The smallest absolute Gasteiger partial charge is 0.272 e. The first-order valence-corrected chi connectivity index (χ1v) is 14.3. The predicted octanol–water partition coefficient (Wildman–Crippen LogP) is 7.40. The minimum atomic E-state index is -0.526. The summed E-state index contributed by atoms with van der Waals surface area (Å²) in [6, 6.07) is 25.5. The Kier molecular flexibility index (Phi) is 10.7. The summed E-state index contributed by atoms with van der Waals surface area (Å²) in [5.41, 5.74) is 1.95. The fraction of sp³-hybridized carbons (Fsp3) is 0.0938. The molecule has 214 valence electrons. The first-order valence-electron chi connectivity index (χ1n) is 12.6. The Balaban J connectivity index is 1.48. The van der Waals surface area contributed by atoms with Gasteiger partial charge in [-0.15, -0.1) is 11.8 Å². The zero-order valence-corrected chi connectivity index (χ0v) is 25.0. The van der Waals surface area contributed by atoms with Gasteiger partial charge in [-0.1, -0.05) is 47.5 Å². The normalized spacial score (nSPS) is 11.0. The summed E-state index contributed by atoms with van der Waals surface area (Å²) in [5, 5.41) is 6.30. The molecule has 10 heteroatoms. The first-order chi connectivity index (χ1) is 20.3. The molecular weight excluding hydrogens is 595 g/mol. The second-order valence-corrected chi connectivity index (χ2v) is 10.7. The average molecular weight is 622 g/mol. The molecule has 0 aromatic heterocycles. The number of halogens is 2. The summed E-state index contributed by atoms with van der Waals surface area (Å²) in [4.78, 5) is 39.7. The van der Waals surface area contributed by atoms with Gasteiger partial charge in [0.05, 0.1) is 25.0 Å². The molecule has 0 aliphatic heterocycles. The lowest BCUT2D eigenvalue weighted by Crippen LogP contribution is -2.30. The monoisotopic (exact) mass is 620 g/mol. The summed E-state index contributed by atoms with van der Waals surface area (Å²) in [5.74, 6) is 0.0987. The average Bonchev–Trinajstić information content (AvgIpc) is 3.00. The van der Waals surface area contributed by atoms with Crippen LogP contribution in [0.3, 0.4) is 0 Å². The van der Waals surface area contributed by atoms with E-state index in [-0.39, 0.29) is 17.2 Å². The van der Waals surface area contributed by atoms with Crippen molar-refractivity contribution in [2.75, 3.05) is 25.3 Å². The maximum absolute atomic E-state index is 13.4. The van der Waals surface area contributed by atoms with Gasteiger partial charge in [0, 0.05) is 26.7 Å². The maximum atomic E-state index is 13.4. The highest BCUT2D eigenvalue weighted by molar-refractivity contribution is 8.00. The van der Waals surface area contributed by atoms with Gasteiger partial charge in [-0.2, -0.15) is 0 Å². The number of hydrogen-bond acceptors (Lipinski definition) is 6. The van der Waals surface area contributed by atoms with Crippen LogP contribution >= 0.6 is 35.0 Å². The van der Waals surface area contributed by atoms with E-state index in [0.29, 0.717) is 43.9 Å². The van der Waals surface area contributed by atoms with Gasteiger partial charge in [-0.05, 0) is 78.4 Å². The van der Waals surface area contributed by atoms with Crippen LogP contribution in [0, 0.1) is 0 Å². The number of Topliss-reactive ketones (excluding diaryl/α,β-unsaturated/α-hetero) is 1. The van der Waals surface area contributed by atoms with Crippen molar-refractivity contribution in [1.82, 2.24) is 5.32 Å². The van der Waals surface area contributed by atoms with Crippen LogP contribution in [-0.4, -0.2) is 37.6 Å². The Labute approximate surface area is 257 Å². The summed E-state index contributed by atoms with van der Waals surface area (Å²) in [6.45, 7) is 0. The van der Waals surface area contributed by atoms with Gasteiger partial charge < -0.3 is 20.1 Å². The van der Waals surface area contributed by atoms with Crippen LogP contribution in [0.1, 0.15) is 26.3 Å². The Hall–Kier alpha value is -4.24. The number of carbonyl (C=O) groups is 3. The third kappa shape index (κ3) is 8.16. The van der Waals surface area contributed by atoms with Gasteiger partial charge in [0.15, 0.2) is 17.3 Å². The van der Waals surface area contributed by atoms with E-state index in [4.69, 9.17) is 32.7 Å². The zero-order chi connectivity index (χ0) is 30.1. The highest BCUT2D eigenvalue weighted by Crippen LogP contribution is 2.29. The van der Waals surface area contributed by atoms with Crippen molar-refractivity contribution in [3.8, 4) is 11.5 Å². The number of carbonyl (C=O) groups excluding carboxylic acids is 3. The second-order valence-electron chi connectivity index (χ2n) is 8.81. The van der Waals surface area contributed by atoms with Gasteiger partial charge in [-0.25, -0.2) is 0 Å². The molecule has 0 spiro atoms. The number of methoxy groups -OCH3 is 2. The molecule has 0 fully saturated rings. The number of amides is 2. The number of benzene rings is 4. The molecule has 4 rings (SSSR count). The van der Waals surface area contributed by atoms with Crippen molar-refractivity contribution in [2.24, 2.45) is 0 Å². The summed E-state index contributed by atoms with van der Waals surface area (Å²) >= 11 is 13.4. The van der Waals surface area contributed by atoms with E-state index >= 15 is 0 Å². The molecule has 0 aliphatic rings. The second kappa shape index (κ2) is 14.6. The van der Waals surface area contributed by atoms with Crippen LogP contribution in [0.15, 0.2) is 102 Å². The highest BCUT2D eigenvalue weighted by Gasteiger charge is 2.16. The van der Waals surface area contributed by atoms with E-state index in [1.165, 1.54) is 32.0 Å². The highest BCUT2D eigenvalue weighted by atomic mass is 35.5. The molecule has 7 nitrogen and oxygen atoms in total. The third-order valence-corrected chi connectivity index (χ3v) is 7.52. The minimum Gasteiger partial charge on any atom is -0.493 e. The Bertz CT molecular complexity index is 1630. The molecule has 0 unspecified atom stereocenters. The van der Waals surface area contributed by atoms with Crippen molar-refractivity contribution < 1.29 is 23.9 Å². The van der Waals surface area contributed by atoms with Gasteiger partial charge >= 0.3 is 0 Å². The van der Waals surface area contributed by atoms with E-state index in [0.717, 1.165) is 4.90 Å². The van der Waals surface area contributed by atoms with Crippen LogP contribution in [0.4, 0.5) is 5.69 Å². The molecule has 2 N–H and O–H groups in total. The van der Waals surface area contributed by atoms with Gasteiger partial charge in [0.2, 0.25) is 0 Å². The molecule has 4 aromatic rings. The van der Waals surface area contributed by atoms with E-state index in [2.05, 4.69) is 10.6 Å². The molecule has 4 aromatic carbocycles. The third-order valence-electron chi connectivity index (χ3n) is 5.96. The Morgan fingerprint density at radius 1 is 0.833 bits per heavy atom. The van der Waals surface area contributed by atoms with Crippen LogP contribution < -0.4 is 20.1 Å². The Morgan fingerprint density at radius 3 is 2.21 bits per heavy atom. The van der Waals surface area contributed by atoms with Crippen molar-refractivity contribution in [2.45, 2.75) is 4.90 Å². The number of ether oxygens (including phenoxy) is 2. The van der Waals surface area contributed by atoms with Crippen molar-refractivity contribution in [1.29, 1.82) is 0 Å². The lowest BCUT2D eigenvalue weighted by atomic mass is 10.1. The quantitative estimate of drug-likeness (QED) is 0.103. The molecular formula is C32H26Cl2N2O5S. The zero-order valence-electron chi connectivity index (χ0n) is 22.7. The van der Waals surface area contributed by atoms with Crippen LogP contribution in [0.5, 0.6) is 11.5 Å². The van der Waals surface area contributed by atoms with Gasteiger partial charge in [0.25, 0.3) is 11.8 Å². The van der Waals surface area contributed by atoms with Crippen LogP contribution in [-0.2, 0) is 4.79 Å². The topological polar surface area (TPSA) is 93.7 Å². The van der Waals surface area contributed by atoms with Gasteiger partial charge in [0.1, 0.15) is 5.70 Å². The molecule has 0 radical (unpaired) electrons. The molecule has 0 aliphatic carbocycles. The van der Waals surface area contributed by atoms with E-state index in [1.54, 1.807) is 91.0 Å². The summed E-state index contributed by atoms with van der Waals surface area (Å²) < 4.78 is 10.7. The minimum absolute atomic E-state index is 0.0277. The SMILES string of the molecule is COc1ccc(/C=C(\NC(=O)c2ccccc2)C(=O)Nc2ccc(SCC(=O)c3ccc(Cl)cc3Cl)cc2)cc1OC. The van der Waals surface area contributed by atoms with Crippen LogP contribution in [0.2, 0.25) is 10.0 Å². The Morgan fingerprint density at radius 2 is 1.55 bits per heavy atom. The number of thioether (sulfide) groups is 1. The number of ketones is 1. The standard InChI is InChI=1S/C32H26Cl2N2O5S/c1-40-29-15-8-20(17-30(29)41-2)16-27(36-31(38)21-6-4-3-5-7-21)32(39)35-23-10-12-24(13-11-23)42-19-28(37)25-14-9-22(33)18-26(25)34/h3-18H,19H2,1-2H3,(H,35,39)(H,36,38)/b27-16-. The molecule has 0 saturated carbocycles.